The summed E-state index contributed by atoms with van der Waals surface area (Å²) < 4.78 is 5.64. The van der Waals surface area contributed by atoms with Crippen LogP contribution in [-0.2, 0) is 0 Å². The van der Waals surface area contributed by atoms with E-state index in [4.69, 9.17) is 4.74 Å². The van der Waals surface area contributed by atoms with Crippen molar-refractivity contribution in [1.82, 2.24) is 0 Å². The molecule has 0 saturated heterocycles. The average Bonchev–Trinajstić information content (AvgIpc) is 2.21. The fraction of sp³-hybridized carbons (Fsp3) is 0.538. The summed E-state index contributed by atoms with van der Waals surface area (Å²) >= 11 is 3.49. The second-order valence-electron chi connectivity index (χ2n) is 3.85. The first-order valence-corrected chi connectivity index (χ1v) is 6.60. The standard InChI is InChI=1S/C13H19BrO/c1-4-15-13-6-5-10(2)9-12(13)11(3)7-8-14/h5-6,9,11H,4,7-8H2,1-3H3. The van der Waals surface area contributed by atoms with E-state index in [-0.39, 0.29) is 0 Å². The molecule has 0 aliphatic carbocycles. The van der Waals surface area contributed by atoms with Crippen LogP contribution in [0.2, 0.25) is 0 Å². The van der Waals surface area contributed by atoms with Gasteiger partial charge in [0.15, 0.2) is 0 Å². The quantitative estimate of drug-likeness (QED) is 0.726. The Morgan fingerprint density at radius 2 is 2.13 bits per heavy atom. The molecule has 0 aliphatic heterocycles. The van der Waals surface area contributed by atoms with Gasteiger partial charge >= 0.3 is 0 Å². The Bertz CT molecular complexity index is 309. The van der Waals surface area contributed by atoms with Gasteiger partial charge in [-0.05, 0) is 37.8 Å². The first-order chi connectivity index (χ1) is 7.19. The van der Waals surface area contributed by atoms with E-state index in [0.29, 0.717) is 5.92 Å². The van der Waals surface area contributed by atoms with Gasteiger partial charge in [0.1, 0.15) is 5.75 Å². The van der Waals surface area contributed by atoms with E-state index in [1.165, 1.54) is 11.1 Å². The summed E-state index contributed by atoms with van der Waals surface area (Å²) in [5, 5.41) is 1.04. The molecule has 0 fully saturated rings. The zero-order valence-electron chi connectivity index (χ0n) is 9.72. The Labute approximate surface area is 101 Å². The monoisotopic (exact) mass is 270 g/mol. The molecule has 0 heterocycles. The molecule has 1 aromatic carbocycles. The highest BCUT2D eigenvalue weighted by atomic mass is 79.9. The van der Waals surface area contributed by atoms with E-state index >= 15 is 0 Å². The number of aryl methyl sites for hydroxylation is 1. The molecule has 0 N–H and O–H groups in total. The normalized spacial score (nSPS) is 12.5. The zero-order chi connectivity index (χ0) is 11.3. The first-order valence-electron chi connectivity index (χ1n) is 5.48. The van der Waals surface area contributed by atoms with Crippen molar-refractivity contribution < 1.29 is 4.74 Å². The molecule has 1 nitrogen and oxygen atoms in total. The molecule has 0 amide bonds. The SMILES string of the molecule is CCOc1ccc(C)cc1C(C)CCBr. The van der Waals surface area contributed by atoms with E-state index in [0.717, 1.165) is 24.1 Å². The van der Waals surface area contributed by atoms with Crippen LogP contribution < -0.4 is 4.74 Å². The summed E-state index contributed by atoms with van der Waals surface area (Å²) in [6.07, 6.45) is 1.14. The number of hydrogen-bond donors (Lipinski definition) is 0. The van der Waals surface area contributed by atoms with Crippen molar-refractivity contribution in [2.75, 3.05) is 11.9 Å². The predicted octanol–water partition coefficient (Wildman–Crippen LogP) is 4.28. The minimum atomic E-state index is 0.547. The Hall–Kier alpha value is -0.500. The van der Waals surface area contributed by atoms with Gasteiger partial charge in [-0.15, -0.1) is 0 Å². The fourth-order valence-electron chi connectivity index (χ4n) is 1.66. The maximum Gasteiger partial charge on any atom is 0.122 e. The Kier molecular flexibility index (Phi) is 5.16. The van der Waals surface area contributed by atoms with Crippen LogP contribution in [0, 0.1) is 6.92 Å². The molecule has 1 aromatic rings. The van der Waals surface area contributed by atoms with Gasteiger partial charge in [0.05, 0.1) is 6.61 Å². The average molecular weight is 271 g/mol. The predicted molar refractivity (Wildman–Crippen MR) is 69.2 cm³/mol. The van der Waals surface area contributed by atoms with Gasteiger partial charge < -0.3 is 4.74 Å². The van der Waals surface area contributed by atoms with Crippen LogP contribution in [0.4, 0.5) is 0 Å². The van der Waals surface area contributed by atoms with Gasteiger partial charge in [0, 0.05) is 5.33 Å². The van der Waals surface area contributed by atoms with E-state index < -0.39 is 0 Å². The number of ether oxygens (including phenoxy) is 1. The Balaban J connectivity index is 2.95. The Morgan fingerprint density at radius 3 is 2.73 bits per heavy atom. The fourth-order valence-corrected chi connectivity index (χ4v) is 2.35. The highest BCUT2D eigenvalue weighted by molar-refractivity contribution is 9.09. The number of hydrogen-bond acceptors (Lipinski definition) is 1. The third-order valence-corrected chi connectivity index (χ3v) is 3.00. The van der Waals surface area contributed by atoms with Crippen molar-refractivity contribution in [3.05, 3.63) is 29.3 Å². The van der Waals surface area contributed by atoms with E-state index in [2.05, 4.69) is 48.0 Å². The summed E-state index contributed by atoms with van der Waals surface area (Å²) in [6, 6.07) is 6.42. The summed E-state index contributed by atoms with van der Waals surface area (Å²) in [6.45, 7) is 7.13. The van der Waals surface area contributed by atoms with Crippen LogP contribution in [0.15, 0.2) is 18.2 Å². The Morgan fingerprint density at radius 1 is 1.40 bits per heavy atom. The summed E-state index contributed by atoms with van der Waals surface area (Å²) in [5.41, 5.74) is 2.63. The van der Waals surface area contributed by atoms with E-state index in [1.54, 1.807) is 0 Å². The second-order valence-corrected chi connectivity index (χ2v) is 4.65. The molecular weight excluding hydrogens is 252 g/mol. The van der Waals surface area contributed by atoms with Gasteiger partial charge in [-0.3, -0.25) is 0 Å². The lowest BCUT2D eigenvalue weighted by molar-refractivity contribution is 0.334. The smallest absolute Gasteiger partial charge is 0.122 e. The highest BCUT2D eigenvalue weighted by Crippen LogP contribution is 2.30. The first kappa shape index (κ1) is 12.6. The van der Waals surface area contributed by atoms with E-state index in [1.807, 2.05) is 6.92 Å². The molecular formula is C13H19BrO. The van der Waals surface area contributed by atoms with Gasteiger partial charge in [0.2, 0.25) is 0 Å². The van der Waals surface area contributed by atoms with Gasteiger partial charge in [-0.25, -0.2) is 0 Å². The van der Waals surface area contributed by atoms with Gasteiger partial charge in [-0.1, -0.05) is 40.5 Å². The van der Waals surface area contributed by atoms with Gasteiger partial charge in [0.25, 0.3) is 0 Å². The molecule has 1 atom stereocenters. The number of alkyl halides is 1. The maximum absolute atomic E-state index is 5.64. The molecule has 0 bridgehead atoms. The third-order valence-electron chi connectivity index (χ3n) is 2.54. The minimum Gasteiger partial charge on any atom is -0.494 e. The van der Waals surface area contributed by atoms with Crippen molar-refractivity contribution in [2.24, 2.45) is 0 Å². The zero-order valence-corrected chi connectivity index (χ0v) is 11.3. The van der Waals surface area contributed by atoms with Gasteiger partial charge in [-0.2, -0.15) is 0 Å². The number of halogens is 1. The molecule has 0 aromatic heterocycles. The minimum absolute atomic E-state index is 0.547. The molecule has 0 radical (unpaired) electrons. The molecule has 0 spiro atoms. The number of benzene rings is 1. The lowest BCUT2D eigenvalue weighted by Crippen LogP contribution is -2.01. The summed E-state index contributed by atoms with van der Waals surface area (Å²) in [4.78, 5) is 0. The van der Waals surface area contributed by atoms with Crippen LogP contribution >= 0.6 is 15.9 Å². The van der Waals surface area contributed by atoms with Crippen LogP contribution in [0.3, 0.4) is 0 Å². The third kappa shape index (κ3) is 3.53. The lowest BCUT2D eigenvalue weighted by atomic mass is 9.96. The molecule has 0 aliphatic rings. The van der Waals surface area contributed by atoms with Crippen LogP contribution in [0.5, 0.6) is 5.75 Å². The topological polar surface area (TPSA) is 9.23 Å². The lowest BCUT2D eigenvalue weighted by Gasteiger charge is -2.16. The van der Waals surface area contributed by atoms with Crippen LogP contribution in [-0.4, -0.2) is 11.9 Å². The van der Waals surface area contributed by atoms with Crippen molar-refractivity contribution in [2.45, 2.75) is 33.1 Å². The summed E-state index contributed by atoms with van der Waals surface area (Å²) in [7, 11) is 0. The van der Waals surface area contributed by atoms with Crippen LogP contribution in [0.1, 0.15) is 37.3 Å². The molecule has 0 saturated carbocycles. The number of rotatable bonds is 5. The van der Waals surface area contributed by atoms with Crippen LogP contribution in [0.25, 0.3) is 0 Å². The van der Waals surface area contributed by atoms with Crippen molar-refractivity contribution in [3.63, 3.8) is 0 Å². The van der Waals surface area contributed by atoms with Crippen molar-refractivity contribution >= 4 is 15.9 Å². The molecule has 2 heteroatoms. The second kappa shape index (κ2) is 6.16. The molecule has 15 heavy (non-hydrogen) atoms. The summed E-state index contributed by atoms with van der Waals surface area (Å²) in [5.74, 6) is 1.59. The molecule has 1 rings (SSSR count). The van der Waals surface area contributed by atoms with Crippen molar-refractivity contribution in [1.29, 1.82) is 0 Å². The molecule has 84 valence electrons. The largest absolute Gasteiger partial charge is 0.494 e. The highest BCUT2D eigenvalue weighted by Gasteiger charge is 2.11. The van der Waals surface area contributed by atoms with E-state index in [9.17, 15) is 0 Å². The molecule has 1 unspecified atom stereocenters. The van der Waals surface area contributed by atoms with Crippen molar-refractivity contribution in [3.8, 4) is 5.75 Å². The maximum atomic E-state index is 5.64.